The first-order valence-corrected chi connectivity index (χ1v) is 12.5. The van der Waals surface area contributed by atoms with Crippen molar-refractivity contribution in [3.63, 3.8) is 0 Å². The lowest BCUT2D eigenvalue weighted by Gasteiger charge is -2.36. The van der Waals surface area contributed by atoms with Gasteiger partial charge in [0.1, 0.15) is 12.3 Å². The van der Waals surface area contributed by atoms with Crippen molar-refractivity contribution < 1.29 is 28.4 Å². The summed E-state index contributed by atoms with van der Waals surface area (Å²) >= 11 is 0. The van der Waals surface area contributed by atoms with Crippen LogP contribution >= 0.6 is 0 Å². The molecule has 0 fully saturated rings. The number of hydrogen-bond acceptors (Lipinski definition) is 7. The second kappa shape index (κ2) is 12.5. The summed E-state index contributed by atoms with van der Waals surface area (Å²) < 4.78 is 16.2. The van der Waals surface area contributed by atoms with Crippen LogP contribution in [0.25, 0.3) is 0 Å². The molecule has 0 aliphatic heterocycles. The first-order chi connectivity index (χ1) is 18.4. The molecule has 1 heterocycles. The molecule has 0 N–H and O–H groups in total. The molecular weight excluding hydrogens is 502 g/mol. The van der Waals surface area contributed by atoms with Gasteiger partial charge in [-0.15, -0.1) is 0 Å². The van der Waals surface area contributed by atoms with Crippen LogP contribution in [0.3, 0.4) is 0 Å². The Kier molecular flexibility index (Phi) is 9.34. The molecule has 0 unspecified atom stereocenters. The normalized spacial score (nSPS) is 11.1. The van der Waals surface area contributed by atoms with Crippen molar-refractivity contribution in [2.24, 2.45) is 0 Å². The van der Waals surface area contributed by atoms with E-state index in [1.54, 1.807) is 56.6 Å². The topological polar surface area (TPSA) is 115 Å². The highest BCUT2D eigenvalue weighted by Gasteiger charge is 2.32. The quantitative estimate of drug-likeness (QED) is 0.249. The van der Waals surface area contributed by atoms with Crippen LogP contribution in [0.15, 0.2) is 59.2 Å². The first-order valence-electron chi connectivity index (χ1n) is 12.5. The number of ether oxygens (including phenoxy) is 2. The summed E-state index contributed by atoms with van der Waals surface area (Å²) in [6.45, 7) is 7.45. The van der Waals surface area contributed by atoms with Gasteiger partial charge < -0.3 is 23.7 Å². The van der Waals surface area contributed by atoms with Crippen molar-refractivity contribution in [1.29, 1.82) is 0 Å². The van der Waals surface area contributed by atoms with Gasteiger partial charge in [0.25, 0.3) is 11.6 Å². The number of carbonyl (C=O) groups is 2. The number of benzene rings is 2. The summed E-state index contributed by atoms with van der Waals surface area (Å²) in [6.07, 6.45) is 2.07. The lowest BCUT2D eigenvalue weighted by Crippen LogP contribution is -2.51. The molecule has 3 rings (SSSR count). The molecule has 10 heteroatoms. The molecule has 2 amide bonds. The Morgan fingerprint density at radius 3 is 2.33 bits per heavy atom. The van der Waals surface area contributed by atoms with Gasteiger partial charge in [-0.1, -0.05) is 12.1 Å². The average molecular weight is 538 g/mol. The van der Waals surface area contributed by atoms with Crippen LogP contribution in [-0.4, -0.2) is 59.4 Å². The zero-order chi connectivity index (χ0) is 28.7. The second-order valence-corrected chi connectivity index (χ2v) is 10.2. The number of aryl methyl sites for hydroxylation is 1. The maximum Gasteiger partial charge on any atom is 0.273 e. The molecule has 0 bridgehead atoms. The third kappa shape index (κ3) is 7.37. The molecule has 0 saturated carbocycles. The van der Waals surface area contributed by atoms with E-state index >= 15 is 0 Å². The third-order valence-corrected chi connectivity index (χ3v) is 6.40. The lowest BCUT2D eigenvalue weighted by atomic mass is 10.0. The largest absolute Gasteiger partial charge is 0.493 e. The van der Waals surface area contributed by atoms with E-state index in [1.807, 2.05) is 39.0 Å². The Morgan fingerprint density at radius 2 is 1.74 bits per heavy atom. The Bertz CT molecular complexity index is 1310. The summed E-state index contributed by atoms with van der Waals surface area (Å²) in [5.74, 6) is 1.07. The minimum Gasteiger partial charge on any atom is -0.493 e. The smallest absolute Gasteiger partial charge is 0.273 e. The first kappa shape index (κ1) is 29.2. The van der Waals surface area contributed by atoms with Gasteiger partial charge in [0.05, 0.1) is 32.0 Å². The number of nitro benzene ring substituents is 1. The molecule has 208 valence electrons. The molecule has 1 aromatic heterocycles. The Labute approximate surface area is 228 Å². The van der Waals surface area contributed by atoms with Gasteiger partial charge in [0, 0.05) is 29.3 Å². The van der Waals surface area contributed by atoms with Crippen molar-refractivity contribution in [3.05, 3.63) is 87.4 Å². The van der Waals surface area contributed by atoms with E-state index in [4.69, 9.17) is 13.9 Å². The van der Waals surface area contributed by atoms with Gasteiger partial charge in [0.2, 0.25) is 5.91 Å². The summed E-state index contributed by atoms with van der Waals surface area (Å²) in [7, 11) is 3.13. The van der Waals surface area contributed by atoms with E-state index in [9.17, 15) is 19.7 Å². The molecular formula is C29H35N3O7. The van der Waals surface area contributed by atoms with E-state index < -0.39 is 16.4 Å². The maximum absolute atomic E-state index is 13.7. The number of amides is 2. The molecule has 10 nitrogen and oxygen atoms in total. The minimum atomic E-state index is -0.730. The zero-order valence-electron chi connectivity index (χ0n) is 23.2. The van der Waals surface area contributed by atoms with Crippen molar-refractivity contribution in [2.45, 2.75) is 46.2 Å². The van der Waals surface area contributed by atoms with Crippen molar-refractivity contribution in [1.82, 2.24) is 9.80 Å². The molecule has 2 aromatic carbocycles. The van der Waals surface area contributed by atoms with Crippen molar-refractivity contribution >= 4 is 17.5 Å². The second-order valence-electron chi connectivity index (χ2n) is 10.2. The molecule has 0 spiro atoms. The van der Waals surface area contributed by atoms with Gasteiger partial charge in [-0.05, 0) is 70.0 Å². The number of nitrogens with zero attached hydrogens (tertiary/aromatic N) is 3. The van der Waals surface area contributed by atoms with E-state index in [-0.39, 0.29) is 30.2 Å². The molecule has 0 saturated heterocycles. The number of nitro groups is 1. The fraction of sp³-hybridized carbons (Fsp3) is 0.379. The summed E-state index contributed by atoms with van der Waals surface area (Å²) in [5, 5.41) is 11.4. The summed E-state index contributed by atoms with van der Waals surface area (Å²) in [4.78, 5) is 41.2. The molecule has 0 aliphatic rings. The van der Waals surface area contributed by atoms with Gasteiger partial charge >= 0.3 is 0 Å². The van der Waals surface area contributed by atoms with Crippen LogP contribution in [-0.2, 0) is 17.8 Å². The number of furan rings is 1. The summed E-state index contributed by atoms with van der Waals surface area (Å²) in [5.41, 5.74) is 0.676. The predicted octanol–water partition coefficient (Wildman–Crippen LogP) is 5.03. The van der Waals surface area contributed by atoms with E-state index in [2.05, 4.69) is 0 Å². The molecule has 3 aromatic rings. The van der Waals surface area contributed by atoms with Crippen LogP contribution in [0.4, 0.5) is 5.69 Å². The van der Waals surface area contributed by atoms with Crippen molar-refractivity contribution in [3.8, 4) is 11.5 Å². The molecule has 0 aliphatic carbocycles. The monoisotopic (exact) mass is 537 g/mol. The SMILES string of the molecule is COc1ccc(CCN(Cc2ccco2)C(=O)CN(C(=O)c2ccc(C)c([N+](=O)[O-])c2)C(C)(C)C)cc1OC. The Hall–Kier alpha value is -4.34. The Morgan fingerprint density at radius 1 is 1.03 bits per heavy atom. The fourth-order valence-electron chi connectivity index (χ4n) is 4.13. The van der Waals surface area contributed by atoms with Crippen LogP contribution in [0.1, 0.15) is 48.0 Å². The molecule has 39 heavy (non-hydrogen) atoms. The van der Waals surface area contributed by atoms with Crippen molar-refractivity contribution in [2.75, 3.05) is 27.3 Å². The number of methoxy groups -OCH3 is 2. The highest BCUT2D eigenvalue weighted by Crippen LogP contribution is 2.28. The minimum absolute atomic E-state index is 0.143. The van der Waals surface area contributed by atoms with E-state index in [0.717, 1.165) is 5.56 Å². The van der Waals surface area contributed by atoms with Gasteiger partial charge in [-0.25, -0.2) is 0 Å². The standard InChI is InChI=1S/C29H35N3O7/c1-20-9-11-22(17-24(20)32(35)36)28(34)31(29(2,3)4)19-27(33)30(18-23-8-7-15-39-23)14-13-21-10-12-25(37-5)26(16-21)38-6/h7-12,15-17H,13-14,18-19H2,1-6H3. The van der Waals surface area contributed by atoms with E-state index in [0.29, 0.717) is 35.8 Å². The van der Waals surface area contributed by atoms with Crippen LogP contribution in [0.5, 0.6) is 11.5 Å². The van der Waals surface area contributed by atoms with Gasteiger partial charge in [-0.3, -0.25) is 19.7 Å². The zero-order valence-corrected chi connectivity index (χ0v) is 23.2. The molecule has 0 atom stereocenters. The van der Waals surface area contributed by atoms with Crippen LogP contribution in [0, 0.1) is 17.0 Å². The third-order valence-electron chi connectivity index (χ3n) is 6.40. The highest BCUT2D eigenvalue weighted by molar-refractivity contribution is 5.97. The van der Waals surface area contributed by atoms with Gasteiger partial charge in [-0.2, -0.15) is 0 Å². The van der Waals surface area contributed by atoms with Crippen LogP contribution in [0.2, 0.25) is 0 Å². The Balaban J connectivity index is 1.85. The fourth-order valence-corrected chi connectivity index (χ4v) is 4.13. The average Bonchev–Trinajstić information content (AvgIpc) is 3.41. The molecule has 0 radical (unpaired) electrons. The van der Waals surface area contributed by atoms with Gasteiger partial charge in [0.15, 0.2) is 11.5 Å². The lowest BCUT2D eigenvalue weighted by molar-refractivity contribution is -0.385. The predicted molar refractivity (Wildman–Crippen MR) is 146 cm³/mol. The number of hydrogen-bond donors (Lipinski definition) is 0. The number of carbonyl (C=O) groups excluding carboxylic acids is 2. The highest BCUT2D eigenvalue weighted by atomic mass is 16.6. The number of rotatable bonds is 11. The summed E-state index contributed by atoms with van der Waals surface area (Å²) in [6, 6.07) is 13.5. The van der Waals surface area contributed by atoms with E-state index in [1.165, 1.54) is 11.0 Å². The maximum atomic E-state index is 13.7. The van der Waals surface area contributed by atoms with Crippen LogP contribution < -0.4 is 9.47 Å².